The first kappa shape index (κ1) is 27.9. The molecule has 1 aliphatic heterocycles. The number of β-amino-alcohol motifs (C(OH)–C–C–N with tert-alkyl or cyclic N) is 1. The predicted octanol–water partition coefficient (Wildman–Crippen LogP) is 5.99. The van der Waals surface area contributed by atoms with E-state index in [-0.39, 0.29) is 12.5 Å². The maximum absolute atomic E-state index is 12.9. The molecule has 0 radical (unpaired) electrons. The largest absolute Gasteiger partial charge is 0.497 e. The van der Waals surface area contributed by atoms with Crippen LogP contribution in [0, 0.1) is 13.8 Å². The zero-order chi connectivity index (χ0) is 29.7. The van der Waals surface area contributed by atoms with E-state index in [0.29, 0.717) is 30.2 Å². The summed E-state index contributed by atoms with van der Waals surface area (Å²) in [6, 6.07) is 11.3. The molecule has 2 aromatic carbocycles. The highest BCUT2D eigenvalue weighted by Crippen LogP contribution is 2.39. The van der Waals surface area contributed by atoms with Gasteiger partial charge >= 0.3 is 0 Å². The van der Waals surface area contributed by atoms with Crippen LogP contribution in [-0.4, -0.2) is 66.8 Å². The first-order valence-electron chi connectivity index (χ1n) is 13.8. The molecule has 1 saturated heterocycles. The summed E-state index contributed by atoms with van der Waals surface area (Å²) < 4.78 is 14.6. The normalized spacial score (nSPS) is 15.4. The number of ether oxygens (including phenoxy) is 2. The van der Waals surface area contributed by atoms with Crippen molar-refractivity contribution in [2.24, 2.45) is 0 Å². The minimum atomic E-state index is -0.446. The van der Waals surface area contributed by atoms with Crippen molar-refractivity contribution in [2.75, 3.05) is 20.2 Å². The fourth-order valence-electron chi connectivity index (χ4n) is 5.12. The fraction of sp³-hybridized carbons (Fsp3) is 0.300. The van der Waals surface area contributed by atoms with E-state index in [9.17, 15) is 9.90 Å². The van der Waals surface area contributed by atoms with Gasteiger partial charge in [-0.15, -0.1) is 22.7 Å². The molecule has 13 heteroatoms. The number of hydrogen-bond donors (Lipinski definition) is 1. The second kappa shape index (κ2) is 11.3. The van der Waals surface area contributed by atoms with Gasteiger partial charge in [0.15, 0.2) is 0 Å². The van der Waals surface area contributed by atoms with Crippen LogP contribution < -0.4 is 9.47 Å². The standard InChI is InChI=1S/C30H28N6O4S3/c1-16-24(32-27(41-16)18-6-8-19(9-7-18)29(38)35-10-4-5-20(37)13-35)15-40-25-12-21(39-3)11-22-26(25)43-28(31-22)23-14-36-30(33-23)42-17(2)34-36/h6-9,11-12,14,20,37H,4-5,10,13,15H2,1-3H3/t20-/m0/s1. The second-order valence-electron chi connectivity index (χ2n) is 10.4. The molecule has 1 amide bonds. The quantitative estimate of drug-likeness (QED) is 0.228. The molecular weight excluding hydrogens is 605 g/mol. The van der Waals surface area contributed by atoms with Gasteiger partial charge in [0.1, 0.15) is 38.8 Å². The molecule has 4 aromatic heterocycles. The highest BCUT2D eigenvalue weighted by Gasteiger charge is 2.23. The lowest BCUT2D eigenvalue weighted by atomic mass is 10.1. The molecule has 0 saturated carbocycles. The third-order valence-electron chi connectivity index (χ3n) is 7.35. The van der Waals surface area contributed by atoms with Crippen LogP contribution in [-0.2, 0) is 6.61 Å². The van der Waals surface area contributed by atoms with E-state index < -0.39 is 6.10 Å². The van der Waals surface area contributed by atoms with Crippen molar-refractivity contribution in [3.8, 4) is 32.8 Å². The fourth-order valence-corrected chi connectivity index (χ4v) is 7.74. The van der Waals surface area contributed by atoms with Gasteiger partial charge in [-0.2, -0.15) is 5.10 Å². The Labute approximate surface area is 259 Å². The number of hydrogen-bond acceptors (Lipinski definition) is 11. The van der Waals surface area contributed by atoms with Crippen LogP contribution in [0.25, 0.3) is 36.5 Å². The van der Waals surface area contributed by atoms with Crippen LogP contribution >= 0.6 is 34.0 Å². The number of aromatic nitrogens is 5. The number of aliphatic hydroxyl groups is 1. The summed E-state index contributed by atoms with van der Waals surface area (Å²) in [4.78, 5) is 30.9. The Kier molecular flexibility index (Phi) is 7.33. The highest BCUT2D eigenvalue weighted by molar-refractivity contribution is 7.22. The molecular formula is C30H28N6O4S3. The number of benzene rings is 2. The Morgan fingerprint density at radius 2 is 1.91 bits per heavy atom. The van der Waals surface area contributed by atoms with Crippen LogP contribution in [0.4, 0.5) is 0 Å². The smallest absolute Gasteiger partial charge is 0.253 e. The molecule has 0 spiro atoms. The van der Waals surface area contributed by atoms with Crippen molar-refractivity contribution in [1.29, 1.82) is 0 Å². The van der Waals surface area contributed by atoms with Gasteiger partial charge in [0.2, 0.25) is 4.96 Å². The molecule has 0 aliphatic carbocycles. The lowest BCUT2D eigenvalue weighted by molar-refractivity contribution is 0.0474. The maximum Gasteiger partial charge on any atom is 0.253 e. The Balaban J connectivity index is 1.10. The summed E-state index contributed by atoms with van der Waals surface area (Å²) in [7, 11) is 1.63. The lowest BCUT2D eigenvalue weighted by Gasteiger charge is -2.30. The van der Waals surface area contributed by atoms with E-state index in [4.69, 9.17) is 24.4 Å². The molecule has 10 nitrogen and oxygen atoms in total. The number of likely N-dealkylation sites (tertiary alicyclic amines) is 1. The number of fused-ring (bicyclic) bond motifs is 2. The minimum absolute atomic E-state index is 0.0509. The Hall–Kier alpha value is -3.91. The van der Waals surface area contributed by atoms with Crippen LogP contribution in [0.5, 0.6) is 11.5 Å². The zero-order valence-corrected chi connectivity index (χ0v) is 26.2. The van der Waals surface area contributed by atoms with Crippen molar-refractivity contribution in [1.82, 2.24) is 29.5 Å². The summed E-state index contributed by atoms with van der Waals surface area (Å²) >= 11 is 4.65. The van der Waals surface area contributed by atoms with Gasteiger partial charge in [0.25, 0.3) is 5.91 Å². The topological polar surface area (TPSA) is 115 Å². The van der Waals surface area contributed by atoms with Crippen molar-refractivity contribution in [3.63, 3.8) is 0 Å². The summed E-state index contributed by atoms with van der Waals surface area (Å²) in [5.74, 6) is 1.28. The van der Waals surface area contributed by atoms with E-state index in [2.05, 4.69) is 5.10 Å². The van der Waals surface area contributed by atoms with E-state index >= 15 is 0 Å². The third kappa shape index (κ3) is 5.49. The summed E-state index contributed by atoms with van der Waals surface area (Å²) in [6.45, 7) is 5.34. The third-order valence-corrected chi connectivity index (χ3v) is 10.4. The Morgan fingerprint density at radius 3 is 2.67 bits per heavy atom. The van der Waals surface area contributed by atoms with Gasteiger partial charge in [-0.3, -0.25) is 4.79 Å². The van der Waals surface area contributed by atoms with E-state index in [1.54, 1.807) is 39.2 Å². The summed E-state index contributed by atoms with van der Waals surface area (Å²) in [6.07, 6.45) is 3.02. The first-order valence-corrected chi connectivity index (χ1v) is 16.3. The Morgan fingerprint density at radius 1 is 1.07 bits per heavy atom. The molecule has 43 heavy (non-hydrogen) atoms. The number of nitrogens with zero attached hydrogens (tertiary/aromatic N) is 6. The summed E-state index contributed by atoms with van der Waals surface area (Å²) in [5, 5.41) is 17.0. The Bertz CT molecular complexity index is 1930. The van der Waals surface area contributed by atoms with Gasteiger partial charge < -0.3 is 19.5 Å². The minimum Gasteiger partial charge on any atom is -0.497 e. The van der Waals surface area contributed by atoms with Gasteiger partial charge in [-0.25, -0.2) is 19.5 Å². The molecule has 1 atom stereocenters. The van der Waals surface area contributed by atoms with Crippen molar-refractivity contribution in [3.05, 3.63) is 63.7 Å². The number of methoxy groups -OCH3 is 1. The SMILES string of the molecule is COc1cc(OCc2nc(-c3ccc(C(=O)N4CCC[C@H](O)C4)cc3)sc2C)c2sc(-c3cn4nc(C)sc4n3)nc2c1. The molecule has 1 aliphatic rings. The van der Waals surface area contributed by atoms with Gasteiger partial charge in [-0.05, 0) is 38.8 Å². The molecule has 0 bridgehead atoms. The average Bonchev–Trinajstić information content (AvgIpc) is 3.78. The van der Waals surface area contributed by atoms with Gasteiger partial charge in [-0.1, -0.05) is 23.5 Å². The molecule has 5 heterocycles. The molecule has 1 N–H and O–H groups in total. The van der Waals surface area contributed by atoms with E-state index in [1.165, 1.54) is 11.3 Å². The zero-order valence-electron chi connectivity index (χ0n) is 23.7. The molecule has 0 unspecified atom stereocenters. The van der Waals surface area contributed by atoms with Gasteiger partial charge in [0.05, 0.1) is 35.3 Å². The van der Waals surface area contributed by atoms with Gasteiger partial charge in [0, 0.05) is 41.2 Å². The van der Waals surface area contributed by atoms with E-state index in [1.807, 2.05) is 56.4 Å². The van der Waals surface area contributed by atoms with Crippen molar-refractivity contribution in [2.45, 2.75) is 39.4 Å². The molecule has 7 rings (SSSR count). The predicted molar refractivity (Wildman–Crippen MR) is 169 cm³/mol. The highest BCUT2D eigenvalue weighted by atomic mass is 32.1. The molecule has 1 fully saturated rings. The van der Waals surface area contributed by atoms with E-state index in [0.717, 1.165) is 64.9 Å². The number of rotatable bonds is 7. The monoisotopic (exact) mass is 632 g/mol. The molecule has 6 aromatic rings. The van der Waals surface area contributed by atoms with Crippen molar-refractivity contribution < 1.29 is 19.4 Å². The van der Waals surface area contributed by atoms with Crippen LogP contribution in [0.1, 0.15) is 38.8 Å². The van der Waals surface area contributed by atoms with Crippen LogP contribution in [0.3, 0.4) is 0 Å². The number of carbonyl (C=O) groups excluding carboxylic acids is 1. The number of imidazole rings is 1. The number of aliphatic hydroxyl groups excluding tert-OH is 1. The average molecular weight is 633 g/mol. The van der Waals surface area contributed by atoms with Crippen LogP contribution in [0.2, 0.25) is 0 Å². The number of thiazole rings is 2. The van der Waals surface area contributed by atoms with Crippen molar-refractivity contribution >= 4 is 55.1 Å². The lowest BCUT2D eigenvalue weighted by Crippen LogP contribution is -2.42. The molecule has 220 valence electrons. The number of carbonyl (C=O) groups is 1. The van der Waals surface area contributed by atoms with Crippen LogP contribution in [0.15, 0.2) is 42.6 Å². The number of piperidine rings is 1. The number of aryl methyl sites for hydroxylation is 2. The second-order valence-corrected chi connectivity index (χ2v) is 13.8. The first-order chi connectivity index (χ1) is 20.8. The number of amides is 1. The summed E-state index contributed by atoms with van der Waals surface area (Å²) in [5.41, 5.74) is 3.95. The maximum atomic E-state index is 12.9.